The third kappa shape index (κ3) is 3.89. The summed E-state index contributed by atoms with van der Waals surface area (Å²) < 4.78 is 2.13. The summed E-state index contributed by atoms with van der Waals surface area (Å²) in [5.41, 5.74) is 4.24. The molecule has 0 atom stereocenters. The first-order chi connectivity index (χ1) is 17.1. The lowest BCUT2D eigenvalue weighted by Gasteiger charge is -2.26. The number of pyridine rings is 2. The molecule has 0 fully saturated rings. The van der Waals surface area contributed by atoms with Gasteiger partial charge in [-0.1, -0.05) is 44.9 Å². The minimum absolute atomic E-state index is 0.00204. The number of aryl methyl sites for hydroxylation is 1. The molecule has 1 N–H and O–H groups in total. The normalized spacial score (nSPS) is 11.7. The van der Waals surface area contributed by atoms with E-state index < -0.39 is 0 Å². The van der Waals surface area contributed by atoms with Crippen molar-refractivity contribution in [2.24, 2.45) is 0 Å². The van der Waals surface area contributed by atoms with Crippen LogP contribution in [0.15, 0.2) is 64.2 Å². The van der Waals surface area contributed by atoms with Crippen molar-refractivity contribution >= 4 is 49.3 Å². The van der Waals surface area contributed by atoms with Crippen LogP contribution < -0.4 is 15.8 Å². The molecule has 0 spiro atoms. The predicted molar refractivity (Wildman–Crippen MR) is 149 cm³/mol. The van der Waals surface area contributed by atoms with Crippen LogP contribution in [-0.2, 0) is 6.54 Å². The third-order valence-electron chi connectivity index (χ3n) is 7.11. The SMILES string of the molecule is CCCCN(CCCC)c1cccc2[nH]c3cc4c(=O)c5ccccc5n(CC)c4cc3c(=O)c12. The number of nitrogens with one attached hydrogen (secondary N) is 1. The average molecular weight is 468 g/mol. The minimum atomic E-state index is 0.00204. The summed E-state index contributed by atoms with van der Waals surface area (Å²) in [4.78, 5) is 33.3. The molecule has 180 valence electrons. The first-order valence-corrected chi connectivity index (χ1v) is 12.9. The fourth-order valence-electron chi connectivity index (χ4n) is 5.28. The van der Waals surface area contributed by atoms with E-state index in [9.17, 15) is 9.59 Å². The van der Waals surface area contributed by atoms with E-state index in [2.05, 4.69) is 41.3 Å². The number of hydrogen-bond acceptors (Lipinski definition) is 3. The molecule has 0 saturated carbocycles. The van der Waals surface area contributed by atoms with E-state index in [0.29, 0.717) is 28.2 Å². The maximum Gasteiger partial charge on any atom is 0.199 e. The molecule has 2 heterocycles. The lowest BCUT2D eigenvalue weighted by molar-refractivity contribution is 0.679. The first-order valence-electron chi connectivity index (χ1n) is 12.9. The molecule has 0 bridgehead atoms. The molecule has 3 aromatic carbocycles. The largest absolute Gasteiger partial charge is 0.371 e. The van der Waals surface area contributed by atoms with Crippen molar-refractivity contribution in [1.29, 1.82) is 0 Å². The van der Waals surface area contributed by atoms with Gasteiger partial charge in [0.1, 0.15) is 0 Å². The zero-order chi connectivity index (χ0) is 24.5. The average Bonchev–Trinajstić information content (AvgIpc) is 2.88. The fourth-order valence-corrected chi connectivity index (χ4v) is 5.28. The molecule has 5 rings (SSSR count). The Morgan fingerprint density at radius 3 is 2.20 bits per heavy atom. The van der Waals surface area contributed by atoms with Crippen LogP contribution in [0.2, 0.25) is 0 Å². The topological polar surface area (TPSA) is 58.1 Å². The lowest BCUT2D eigenvalue weighted by Crippen LogP contribution is -2.27. The summed E-state index contributed by atoms with van der Waals surface area (Å²) in [7, 11) is 0. The number of hydrogen-bond donors (Lipinski definition) is 1. The molecule has 2 aromatic heterocycles. The van der Waals surface area contributed by atoms with E-state index in [1.165, 1.54) is 0 Å². The number of anilines is 1. The van der Waals surface area contributed by atoms with Gasteiger partial charge in [0.15, 0.2) is 10.9 Å². The number of fused-ring (bicyclic) bond motifs is 4. The lowest BCUT2D eigenvalue weighted by atomic mass is 10.0. The van der Waals surface area contributed by atoms with E-state index in [0.717, 1.165) is 66.4 Å². The number of aromatic amines is 1. The monoisotopic (exact) mass is 467 g/mol. The molecule has 5 heteroatoms. The van der Waals surface area contributed by atoms with E-state index >= 15 is 0 Å². The Bertz CT molecular complexity index is 1650. The maximum atomic E-state index is 14.0. The van der Waals surface area contributed by atoms with Gasteiger partial charge in [-0.05, 0) is 56.2 Å². The van der Waals surface area contributed by atoms with Crippen LogP contribution in [-0.4, -0.2) is 22.6 Å². The van der Waals surface area contributed by atoms with E-state index in [1.54, 1.807) is 0 Å². The van der Waals surface area contributed by atoms with Gasteiger partial charge >= 0.3 is 0 Å². The van der Waals surface area contributed by atoms with Crippen LogP contribution in [0.3, 0.4) is 0 Å². The Morgan fingerprint density at radius 2 is 1.49 bits per heavy atom. The molecule has 35 heavy (non-hydrogen) atoms. The summed E-state index contributed by atoms with van der Waals surface area (Å²) in [6.07, 6.45) is 4.40. The highest BCUT2D eigenvalue weighted by Gasteiger charge is 2.17. The van der Waals surface area contributed by atoms with Crippen molar-refractivity contribution in [3.8, 4) is 0 Å². The number of benzene rings is 3. The second-order valence-electron chi connectivity index (χ2n) is 9.35. The number of rotatable bonds is 8. The summed E-state index contributed by atoms with van der Waals surface area (Å²) >= 11 is 0. The van der Waals surface area contributed by atoms with E-state index in [1.807, 2.05) is 48.5 Å². The van der Waals surface area contributed by atoms with Gasteiger partial charge in [0.2, 0.25) is 0 Å². The Kier molecular flexibility index (Phi) is 6.33. The van der Waals surface area contributed by atoms with Crippen molar-refractivity contribution in [1.82, 2.24) is 9.55 Å². The molecule has 0 saturated heterocycles. The van der Waals surface area contributed by atoms with Gasteiger partial charge in [-0.2, -0.15) is 0 Å². The van der Waals surface area contributed by atoms with Crippen molar-refractivity contribution in [2.45, 2.75) is 53.0 Å². The standard InChI is InChI=1S/C30H33N3O2/c1-4-7-16-32(17-8-5-2)26-15-11-13-23-28(26)30(35)21-19-27-22(18-24(21)31-23)29(34)20-12-9-10-14-25(20)33(27)6-3/h9-15,18-19H,4-8,16-17H2,1-3H3,(H,31,35). The first kappa shape index (κ1) is 23.2. The molecular weight excluding hydrogens is 434 g/mol. The van der Waals surface area contributed by atoms with E-state index in [-0.39, 0.29) is 10.9 Å². The highest BCUT2D eigenvalue weighted by Crippen LogP contribution is 2.28. The highest BCUT2D eigenvalue weighted by atomic mass is 16.1. The fraction of sp³-hybridized carbons (Fsp3) is 0.333. The Hall–Kier alpha value is -3.60. The molecular formula is C30H33N3O2. The molecule has 0 amide bonds. The molecule has 0 radical (unpaired) electrons. The maximum absolute atomic E-state index is 14.0. The van der Waals surface area contributed by atoms with Gasteiger partial charge in [-0.3, -0.25) is 9.59 Å². The number of unbranched alkanes of at least 4 members (excludes halogenated alkanes) is 2. The summed E-state index contributed by atoms with van der Waals surface area (Å²) in [6.45, 7) is 9.05. The van der Waals surface area contributed by atoms with Crippen LogP contribution in [0, 0.1) is 0 Å². The number of nitrogens with zero attached hydrogens (tertiary/aromatic N) is 2. The van der Waals surface area contributed by atoms with Gasteiger partial charge in [0.25, 0.3) is 0 Å². The number of para-hydroxylation sites is 1. The van der Waals surface area contributed by atoms with Gasteiger partial charge in [0, 0.05) is 35.8 Å². The van der Waals surface area contributed by atoms with Gasteiger partial charge in [-0.15, -0.1) is 0 Å². The zero-order valence-corrected chi connectivity index (χ0v) is 20.9. The predicted octanol–water partition coefficient (Wildman–Crippen LogP) is 6.58. The van der Waals surface area contributed by atoms with Crippen LogP contribution in [0.4, 0.5) is 5.69 Å². The van der Waals surface area contributed by atoms with Gasteiger partial charge in [0.05, 0.1) is 33.1 Å². The number of aromatic nitrogens is 2. The highest BCUT2D eigenvalue weighted by molar-refractivity contribution is 6.05. The van der Waals surface area contributed by atoms with Crippen LogP contribution in [0.5, 0.6) is 0 Å². The molecule has 0 unspecified atom stereocenters. The second-order valence-corrected chi connectivity index (χ2v) is 9.35. The van der Waals surface area contributed by atoms with Gasteiger partial charge in [-0.25, -0.2) is 0 Å². The van der Waals surface area contributed by atoms with Gasteiger partial charge < -0.3 is 14.5 Å². The molecule has 5 nitrogen and oxygen atoms in total. The summed E-state index contributed by atoms with van der Waals surface area (Å²) in [5.74, 6) is 0. The van der Waals surface area contributed by atoms with Crippen molar-refractivity contribution in [2.75, 3.05) is 18.0 Å². The Balaban J connectivity index is 1.84. The Morgan fingerprint density at radius 1 is 0.743 bits per heavy atom. The third-order valence-corrected chi connectivity index (χ3v) is 7.11. The molecule has 0 aliphatic rings. The minimum Gasteiger partial charge on any atom is -0.371 e. The molecule has 0 aliphatic heterocycles. The van der Waals surface area contributed by atoms with Crippen molar-refractivity contribution in [3.63, 3.8) is 0 Å². The van der Waals surface area contributed by atoms with Crippen LogP contribution in [0.25, 0.3) is 43.6 Å². The summed E-state index contributed by atoms with van der Waals surface area (Å²) in [5, 5.41) is 2.70. The van der Waals surface area contributed by atoms with E-state index in [4.69, 9.17) is 0 Å². The second kappa shape index (κ2) is 9.57. The smallest absolute Gasteiger partial charge is 0.199 e. The quantitative estimate of drug-likeness (QED) is 0.262. The number of H-pyrrole nitrogens is 1. The van der Waals surface area contributed by atoms with Crippen LogP contribution >= 0.6 is 0 Å². The summed E-state index contributed by atoms with van der Waals surface area (Å²) in [6, 6.07) is 17.5. The van der Waals surface area contributed by atoms with Crippen molar-refractivity contribution < 1.29 is 0 Å². The van der Waals surface area contributed by atoms with Crippen molar-refractivity contribution in [3.05, 3.63) is 75.0 Å². The zero-order valence-electron chi connectivity index (χ0n) is 20.9. The van der Waals surface area contributed by atoms with Crippen LogP contribution in [0.1, 0.15) is 46.5 Å². The molecule has 0 aliphatic carbocycles. The Labute approximate surface area is 205 Å². The molecule has 5 aromatic rings.